The third-order valence-electron chi connectivity index (χ3n) is 2.26. The van der Waals surface area contributed by atoms with E-state index in [4.69, 9.17) is 10.5 Å². The highest BCUT2D eigenvalue weighted by molar-refractivity contribution is 5.81. The molecule has 1 amide bonds. The van der Waals surface area contributed by atoms with Gasteiger partial charge in [-0.25, -0.2) is 4.98 Å². The summed E-state index contributed by atoms with van der Waals surface area (Å²) in [5.41, 5.74) is 5.68. The van der Waals surface area contributed by atoms with Crippen LogP contribution in [0, 0.1) is 0 Å². The first-order valence-electron chi connectivity index (χ1n) is 5.19. The summed E-state index contributed by atoms with van der Waals surface area (Å²) in [5.74, 6) is 0.522. The van der Waals surface area contributed by atoms with E-state index in [1.165, 1.54) is 0 Å². The minimum absolute atomic E-state index is 0.170. The summed E-state index contributed by atoms with van der Waals surface area (Å²) in [7, 11) is 1.58. The normalized spacial score (nSPS) is 14.4. The smallest absolute Gasteiger partial charge is 0.237 e. The zero-order valence-electron chi connectivity index (χ0n) is 9.56. The highest BCUT2D eigenvalue weighted by Crippen LogP contribution is 2.05. The van der Waals surface area contributed by atoms with Gasteiger partial charge in [-0.3, -0.25) is 4.79 Å². The van der Waals surface area contributed by atoms with Crippen molar-refractivity contribution in [3.63, 3.8) is 0 Å². The molecule has 2 unspecified atom stereocenters. The van der Waals surface area contributed by atoms with Gasteiger partial charge >= 0.3 is 0 Å². The fraction of sp³-hybridized carbons (Fsp3) is 0.600. The standard InChI is InChI=1S/C10H18N4O2/c1-7(9-12-4-5-13-9)14-10(15)8(11)3-6-16-2/h4-5,7-8H,3,6,11H2,1-2H3,(H,12,13)(H,14,15). The van der Waals surface area contributed by atoms with Crippen molar-refractivity contribution in [3.8, 4) is 0 Å². The van der Waals surface area contributed by atoms with Crippen molar-refractivity contribution in [2.24, 2.45) is 5.73 Å². The van der Waals surface area contributed by atoms with Crippen LogP contribution in [0.25, 0.3) is 0 Å². The molecular weight excluding hydrogens is 208 g/mol. The molecule has 0 aliphatic heterocycles. The van der Waals surface area contributed by atoms with Crippen LogP contribution in [0.3, 0.4) is 0 Å². The van der Waals surface area contributed by atoms with Gasteiger partial charge in [-0.05, 0) is 13.3 Å². The predicted octanol–water partition coefficient (Wildman–Crippen LogP) is -0.0493. The van der Waals surface area contributed by atoms with Gasteiger partial charge in [0.05, 0.1) is 12.1 Å². The first kappa shape index (κ1) is 12.7. The number of carbonyl (C=O) groups excluding carboxylic acids is 1. The van der Waals surface area contributed by atoms with Crippen LogP contribution in [0.1, 0.15) is 25.2 Å². The van der Waals surface area contributed by atoms with Crippen molar-refractivity contribution in [1.82, 2.24) is 15.3 Å². The molecule has 0 radical (unpaired) electrons. The molecule has 6 nitrogen and oxygen atoms in total. The molecule has 0 saturated heterocycles. The van der Waals surface area contributed by atoms with Gasteiger partial charge in [0.15, 0.2) is 0 Å². The monoisotopic (exact) mass is 226 g/mol. The Morgan fingerprint density at radius 1 is 1.75 bits per heavy atom. The van der Waals surface area contributed by atoms with Gasteiger partial charge in [0.2, 0.25) is 5.91 Å². The molecule has 1 aromatic heterocycles. The zero-order valence-corrected chi connectivity index (χ0v) is 9.56. The Balaban J connectivity index is 2.39. The summed E-state index contributed by atoms with van der Waals surface area (Å²) in [6.07, 6.45) is 3.86. The first-order chi connectivity index (χ1) is 7.65. The molecule has 0 bridgehead atoms. The van der Waals surface area contributed by atoms with Crippen LogP contribution in [-0.4, -0.2) is 35.6 Å². The van der Waals surface area contributed by atoms with Crippen LogP contribution < -0.4 is 11.1 Å². The van der Waals surface area contributed by atoms with Crippen molar-refractivity contribution >= 4 is 5.91 Å². The van der Waals surface area contributed by atoms with Gasteiger partial charge in [0, 0.05) is 26.1 Å². The number of nitrogens with two attached hydrogens (primary N) is 1. The second-order valence-electron chi connectivity index (χ2n) is 3.59. The number of aromatic nitrogens is 2. The van der Waals surface area contributed by atoms with Crippen LogP contribution in [0.5, 0.6) is 0 Å². The number of H-pyrrole nitrogens is 1. The van der Waals surface area contributed by atoms with E-state index in [2.05, 4.69) is 15.3 Å². The lowest BCUT2D eigenvalue weighted by Gasteiger charge is -2.15. The summed E-state index contributed by atoms with van der Waals surface area (Å²) in [6.45, 7) is 2.32. The van der Waals surface area contributed by atoms with Crippen molar-refractivity contribution < 1.29 is 9.53 Å². The number of rotatable bonds is 6. The lowest BCUT2D eigenvalue weighted by Crippen LogP contribution is -2.42. The quantitative estimate of drug-likeness (QED) is 0.634. The Bertz CT molecular complexity index is 313. The fourth-order valence-electron chi connectivity index (χ4n) is 1.28. The van der Waals surface area contributed by atoms with Gasteiger partial charge in [0.1, 0.15) is 5.82 Å². The minimum Gasteiger partial charge on any atom is -0.385 e. The Morgan fingerprint density at radius 2 is 2.50 bits per heavy atom. The number of amides is 1. The lowest BCUT2D eigenvalue weighted by molar-refractivity contribution is -0.123. The maximum Gasteiger partial charge on any atom is 0.237 e. The number of hydrogen-bond acceptors (Lipinski definition) is 4. The molecule has 0 fully saturated rings. The lowest BCUT2D eigenvalue weighted by atomic mass is 10.2. The van der Waals surface area contributed by atoms with Crippen molar-refractivity contribution in [3.05, 3.63) is 18.2 Å². The summed E-state index contributed by atoms with van der Waals surface area (Å²) in [6, 6.07) is -0.714. The van der Waals surface area contributed by atoms with Crippen LogP contribution in [0.4, 0.5) is 0 Å². The third kappa shape index (κ3) is 3.63. The van der Waals surface area contributed by atoms with E-state index in [-0.39, 0.29) is 11.9 Å². The average Bonchev–Trinajstić information content (AvgIpc) is 2.79. The number of carbonyl (C=O) groups is 1. The second-order valence-corrected chi connectivity index (χ2v) is 3.59. The SMILES string of the molecule is COCCC(N)C(=O)NC(C)c1ncc[nH]1. The molecule has 0 aliphatic carbocycles. The number of imidazole rings is 1. The van der Waals surface area contributed by atoms with Crippen molar-refractivity contribution in [2.45, 2.75) is 25.4 Å². The molecule has 16 heavy (non-hydrogen) atoms. The van der Waals surface area contributed by atoms with E-state index in [0.717, 1.165) is 0 Å². The Kier molecular flexibility index (Phi) is 4.94. The average molecular weight is 226 g/mol. The van der Waals surface area contributed by atoms with E-state index in [1.807, 2.05) is 6.92 Å². The molecule has 0 saturated carbocycles. The molecule has 0 spiro atoms. The number of hydrogen-bond donors (Lipinski definition) is 3. The minimum atomic E-state index is -0.544. The Hall–Kier alpha value is -1.40. The van der Waals surface area contributed by atoms with Crippen LogP contribution in [-0.2, 0) is 9.53 Å². The maximum atomic E-state index is 11.6. The molecule has 1 heterocycles. The van der Waals surface area contributed by atoms with Gasteiger partial charge in [0.25, 0.3) is 0 Å². The van der Waals surface area contributed by atoms with Crippen molar-refractivity contribution in [1.29, 1.82) is 0 Å². The summed E-state index contributed by atoms with van der Waals surface area (Å²) >= 11 is 0. The molecule has 0 aliphatic rings. The topological polar surface area (TPSA) is 93.0 Å². The maximum absolute atomic E-state index is 11.6. The zero-order chi connectivity index (χ0) is 12.0. The second kappa shape index (κ2) is 6.24. The Morgan fingerprint density at radius 3 is 3.06 bits per heavy atom. The van der Waals surface area contributed by atoms with Crippen LogP contribution >= 0.6 is 0 Å². The fourth-order valence-corrected chi connectivity index (χ4v) is 1.28. The number of nitrogens with zero attached hydrogens (tertiary/aromatic N) is 1. The number of ether oxygens (including phenoxy) is 1. The number of nitrogens with one attached hydrogen (secondary N) is 2. The number of methoxy groups -OCH3 is 1. The Labute approximate surface area is 94.6 Å². The highest BCUT2D eigenvalue weighted by Gasteiger charge is 2.17. The van der Waals surface area contributed by atoms with E-state index in [1.54, 1.807) is 19.5 Å². The van der Waals surface area contributed by atoms with E-state index < -0.39 is 6.04 Å². The van der Waals surface area contributed by atoms with E-state index in [9.17, 15) is 4.79 Å². The van der Waals surface area contributed by atoms with Crippen LogP contribution in [0.2, 0.25) is 0 Å². The van der Waals surface area contributed by atoms with Gasteiger partial charge in [-0.1, -0.05) is 0 Å². The summed E-state index contributed by atoms with van der Waals surface area (Å²) in [4.78, 5) is 18.6. The molecular formula is C10H18N4O2. The molecule has 1 aromatic rings. The summed E-state index contributed by atoms with van der Waals surface area (Å²) < 4.78 is 4.86. The predicted molar refractivity (Wildman–Crippen MR) is 59.6 cm³/mol. The van der Waals surface area contributed by atoms with E-state index in [0.29, 0.717) is 18.9 Å². The van der Waals surface area contributed by atoms with Gasteiger partial charge in [-0.2, -0.15) is 0 Å². The molecule has 90 valence electrons. The first-order valence-corrected chi connectivity index (χ1v) is 5.19. The van der Waals surface area contributed by atoms with Crippen molar-refractivity contribution in [2.75, 3.05) is 13.7 Å². The highest BCUT2D eigenvalue weighted by atomic mass is 16.5. The largest absolute Gasteiger partial charge is 0.385 e. The third-order valence-corrected chi connectivity index (χ3v) is 2.26. The molecule has 4 N–H and O–H groups in total. The van der Waals surface area contributed by atoms with Gasteiger partial charge < -0.3 is 20.8 Å². The number of aromatic amines is 1. The van der Waals surface area contributed by atoms with Gasteiger partial charge in [-0.15, -0.1) is 0 Å². The summed E-state index contributed by atoms with van der Waals surface area (Å²) in [5, 5.41) is 2.78. The molecule has 6 heteroatoms. The molecule has 1 rings (SSSR count). The molecule has 0 aromatic carbocycles. The molecule has 2 atom stereocenters. The van der Waals surface area contributed by atoms with E-state index >= 15 is 0 Å². The van der Waals surface area contributed by atoms with Crippen LogP contribution in [0.15, 0.2) is 12.4 Å².